The van der Waals surface area contributed by atoms with Crippen LogP contribution in [-0.4, -0.2) is 47.8 Å². The van der Waals surface area contributed by atoms with E-state index >= 15 is 0 Å². The average Bonchev–Trinajstić information content (AvgIpc) is 2.39. The number of piperidine rings is 1. The van der Waals surface area contributed by atoms with E-state index in [0.29, 0.717) is 6.04 Å². The summed E-state index contributed by atoms with van der Waals surface area (Å²) in [5.74, 6) is 0.925. The van der Waals surface area contributed by atoms with E-state index in [4.69, 9.17) is 5.11 Å². The van der Waals surface area contributed by atoms with E-state index in [1.54, 1.807) is 0 Å². The second kappa shape index (κ2) is 6.88. The van der Waals surface area contributed by atoms with Crippen molar-refractivity contribution in [2.45, 2.75) is 70.5 Å². The molecule has 1 saturated carbocycles. The zero-order valence-corrected chi connectivity index (χ0v) is 12.1. The molecule has 0 aromatic heterocycles. The van der Waals surface area contributed by atoms with E-state index in [9.17, 15) is 0 Å². The van der Waals surface area contributed by atoms with E-state index in [0.717, 1.165) is 12.0 Å². The van der Waals surface area contributed by atoms with Crippen molar-refractivity contribution in [2.24, 2.45) is 5.92 Å². The number of hydrogen-bond donors (Lipinski definition) is 2. The molecule has 2 N–H and O–H groups in total. The van der Waals surface area contributed by atoms with Crippen molar-refractivity contribution in [3.63, 3.8) is 0 Å². The third kappa shape index (κ3) is 3.94. The Labute approximate surface area is 112 Å². The summed E-state index contributed by atoms with van der Waals surface area (Å²) in [6.07, 6.45) is 8.17. The molecule has 3 heteroatoms. The van der Waals surface area contributed by atoms with Gasteiger partial charge in [0.05, 0.1) is 6.61 Å². The number of nitrogens with one attached hydrogen (secondary N) is 1. The quantitative estimate of drug-likeness (QED) is 0.805. The van der Waals surface area contributed by atoms with Gasteiger partial charge in [-0.3, -0.25) is 0 Å². The minimum absolute atomic E-state index is 0.247. The molecule has 1 heterocycles. The van der Waals surface area contributed by atoms with Crippen molar-refractivity contribution >= 4 is 0 Å². The summed E-state index contributed by atoms with van der Waals surface area (Å²) in [7, 11) is 0. The SMILES string of the molecule is CC1CCCC(N2CCC(N[C@H](C)CO)CC2)C1. The van der Waals surface area contributed by atoms with Gasteiger partial charge >= 0.3 is 0 Å². The maximum Gasteiger partial charge on any atom is 0.0582 e. The fourth-order valence-corrected chi connectivity index (χ4v) is 3.62. The highest BCUT2D eigenvalue weighted by atomic mass is 16.3. The van der Waals surface area contributed by atoms with Crippen LogP contribution in [0.1, 0.15) is 52.4 Å². The van der Waals surface area contributed by atoms with Crippen molar-refractivity contribution in [1.29, 1.82) is 0 Å². The predicted molar refractivity (Wildman–Crippen MR) is 75.7 cm³/mol. The second-order valence-electron chi connectivity index (χ2n) is 6.49. The van der Waals surface area contributed by atoms with Crippen molar-refractivity contribution in [3.8, 4) is 0 Å². The Morgan fingerprint density at radius 2 is 1.94 bits per heavy atom. The van der Waals surface area contributed by atoms with Crippen LogP contribution in [0.15, 0.2) is 0 Å². The van der Waals surface area contributed by atoms with Gasteiger partial charge in [0.1, 0.15) is 0 Å². The Balaban J connectivity index is 1.72. The van der Waals surface area contributed by atoms with Gasteiger partial charge in [-0.05, 0) is 51.6 Å². The smallest absolute Gasteiger partial charge is 0.0582 e. The van der Waals surface area contributed by atoms with E-state index in [1.165, 1.54) is 51.6 Å². The van der Waals surface area contributed by atoms with Gasteiger partial charge in [0.25, 0.3) is 0 Å². The average molecular weight is 254 g/mol. The molecule has 0 spiro atoms. The van der Waals surface area contributed by atoms with Crippen LogP contribution in [-0.2, 0) is 0 Å². The van der Waals surface area contributed by atoms with E-state index < -0.39 is 0 Å². The lowest BCUT2D eigenvalue weighted by Gasteiger charge is -2.41. The van der Waals surface area contributed by atoms with Gasteiger partial charge in [0.15, 0.2) is 0 Å². The Hall–Kier alpha value is -0.120. The zero-order valence-electron chi connectivity index (χ0n) is 12.1. The Bertz CT molecular complexity index is 239. The number of nitrogens with zero attached hydrogens (tertiary/aromatic N) is 1. The molecule has 2 rings (SSSR count). The van der Waals surface area contributed by atoms with E-state index in [1.807, 2.05) is 0 Å². The summed E-state index contributed by atoms with van der Waals surface area (Å²) < 4.78 is 0. The Morgan fingerprint density at radius 3 is 2.56 bits per heavy atom. The van der Waals surface area contributed by atoms with E-state index in [-0.39, 0.29) is 12.6 Å². The molecule has 2 aliphatic rings. The van der Waals surface area contributed by atoms with Crippen molar-refractivity contribution < 1.29 is 5.11 Å². The monoisotopic (exact) mass is 254 g/mol. The largest absolute Gasteiger partial charge is 0.395 e. The first kappa shape index (κ1) is 14.3. The lowest BCUT2D eigenvalue weighted by molar-refractivity contribution is 0.0959. The minimum Gasteiger partial charge on any atom is -0.395 e. The Morgan fingerprint density at radius 1 is 1.22 bits per heavy atom. The molecule has 1 aliphatic carbocycles. The molecule has 3 nitrogen and oxygen atoms in total. The molecule has 0 radical (unpaired) electrons. The maximum atomic E-state index is 9.08. The molecule has 0 bridgehead atoms. The van der Waals surface area contributed by atoms with Gasteiger partial charge in [-0.1, -0.05) is 19.8 Å². The fraction of sp³-hybridized carbons (Fsp3) is 1.00. The van der Waals surface area contributed by atoms with Crippen LogP contribution in [0.5, 0.6) is 0 Å². The molecular formula is C15H30N2O. The summed E-state index contributed by atoms with van der Waals surface area (Å²) in [6.45, 7) is 7.21. The van der Waals surface area contributed by atoms with Gasteiger partial charge in [-0.25, -0.2) is 0 Å². The van der Waals surface area contributed by atoms with Crippen molar-refractivity contribution in [3.05, 3.63) is 0 Å². The fourth-order valence-electron chi connectivity index (χ4n) is 3.62. The van der Waals surface area contributed by atoms with Gasteiger partial charge in [-0.2, -0.15) is 0 Å². The van der Waals surface area contributed by atoms with Crippen LogP contribution in [0.3, 0.4) is 0 Å². The van der Waals surface area contributed by atoms with Gasteiger partial charge in [0.2, 0.25) is 0 Å². The lowest BCUT2D eigenvalue weighted by Crippen LogP contribution is -2.49. The lowest BCUT2D eigenvalue weighted by atomic mass is 9.85. The number of rotatable bonds is 4. The summed E-state index contributed by atoms with van der Waals surface area (Å²) in [5, 5.41) is 12.6. The number of aliphatic hydroxyl groups excluding tert-OH is 1. The van der Waals surface area contributed by atoms with Gasteiger partial charge in [-0.15, -0.1) is 0 Å². The van der Waals surface area contributed by atoms with Crippen LogP contribution in [0.25, 0.3) is 0 Å². The van der Waals surface area contributed by atoms with Crippen molar-refractivity contribution in [1.82, 2.24) is 10.2 Å². The second-order valence-corrected chi connectivity index (χ2v) is 6.49. The molecule has 0 amide bonds. The van der Waals surface area contributed by atoms with Gasteiger partial charge in [0, 0.05) is 18.1 Å². The molecule has 3 atom stereocenters. The third-order valence-electron chi connectivity index (χ3n) is 4.75. The molecule has 2 unspecified atom stereocenters. The summed E-state index contributed by atoms with van der Waals surface area (Å²) in [5.41, 5.74) is 0. The minimum atomic E-state index is 0.247. The van der Waals surface area contributed by atoms with Crippen molar-refractivity contribution in [2.75, 3.05) is 19.7 Å². The highest BCUT2D eigenvalue weighted by Gasteiger charge is 2.28. The summed E-state index contributed by atoms with van der Waals surface area (Å²) in [4.78, 5) is 2.72. The highest BCUT2D eigenvalue weighted by molar-refractivity contribution is 4.85. The normalized spacial score (nSPS) is 33.5. The summed E-state index contributed by atoms with van der Waals surface area (Å²) >= 11 is 0. The first-order chi connectivity index (χ1) is 8.69. The molecule has 1 aliphatic heterocycles. The molecule has 0 aromatic rings. The van der Waals surface area contributed by atoms with Crippen LogP contribution in [0.2, 0.25) is 0 Å². The number of hydrogen-bond acceptors (Lipinski definition) is 3. The topological polar surface area (TPSA) is 35.5 Å². The molecule has 0 aromatic carbocycles. The molecular weight excluding hydrogens is 224 g/mol. The first-order valence-corrected chi connectivity index (χ1v) is 7.80. The van der Waals surface area contributed by atoms with Crippen LogP contribution >= 0.6 is 0 Å². The van der Waals surface area contributed by atoms with Crippen LogP contribution in [0.4, 0.5) is 0 Å². The molecule has 106 valence electrons. The summed E-state index contributed by atoms with van der Waals surface area (Å²) in [6, 6.07) is 1.71. The van der Waals surface area contributed by atoms with Crippen LogP contribution in [0, 0.1) is 5.92 Å². The Kier molecular flexibility index (Phi) is 5.46. The number of likely N-dealkylation sites (tertiary alicyclic amines) is 1. The molecule has 1 saturated heterocycles. The highest BCUT2D eigenvalue weighted by Crippen LogP contribution is 2.29. The molecule has 2 fully saturated rings. The number of aliphatic hydroxyl groups is 1. The maximum absolute atomic E-state index is 9.08. The standard InChI is InChI=1S/C15H30N2O/c1-12-4-3-5-15(10-12)17-8-6-14(7-9-17)16-13(2)11-18/h12-16,18H,3-11H2,1-2H3/t12?,13-,15?/m1/s1. The van der Waals surface area contributed by atoms with E-state index in [2.05, 4.69) is 24.1 Å². The van der Waals surface area contributed by atoms with Gasteiger partial charge < -0.3 is 15.3 Å². The molecule has 18 heavy (non-hydrogen) atoms. The van der Waals surface area contributed by atoms with Crippen LogP contribution < -0.4 is 5.32 Å². The first-order valence-electron chi connectivity index (χ1n) is 7.80. The predicted octanol–water partition coefficient (Wildman–Crippen LogP) is 2.00. The zero-order chi connectivity index (χ0) is 13.0. The third-order valence-corrected chi connectivity index (χ3v) is 4.75.